The van der Waals surface area contributed by atoms with Crippen LogP contribution in [0.5, 0.6) is 5.75 Å². The van der Waals surface area contributed by atoms with E-state index >= 15 is 0 Å². The Labute approximate surface area is 184 Å². The van der Waals surface area contributed by atoms with Crippen LogP contribution in [0.15, 0.2) is 58.4 Å². The standard InChI is InChI=1S/C23H25BrN2O2S/c1-4-17(3)26(23(27)18-8-6-9-19(24)12-18)13-20-15-29-22(25-20)14-28-21-10-5-7-16(2)11-21/h5-12,15,17H,4,13-14H2,1-3H3/t17-/m1/s1. The van der Waals surface area contributed by atoms with Gasteiger partial charge in [0.2, 0.25) is 0 Å². The summed E-state index contributed by atoms with van der Waals surface area (Å²) < 4.78 is 6.75. The molecule has 3 aromatic rings. The minimum Gasteiger partial charge on any atom is -0.486 e. The minimum absolute atomic E-state index is 0.0196. The van der Waals surface area contributed by atoms with Crippen molar-refractivity contribution in [2.45, 2.75) is 46.4 Å². The molecule has 4 nitrogen and oxygen atoms in total. The molecule has 0 saturated carbocycles. The summed E-state index contributed by atoms with van der Waals surface area (Å²) in [6, 6.07) is 15.6. The minimum atomic E-state index is 0.0196. The van der Waals surface area contributed by atoms with E-state index in [9.17, 15) is 4.79 Å². The zero-order chi connectivity index (χ0) is 20.8. The lowest BCUT2D eigenvalue weighted by molar-refractivity contribution is 0.0669. The summed E-state index contributed by atoms with van der Waals surface area (Å²) in [6.45, 7) is 7.12. The first-order valence-corrected chi connectivity index (χ1v) is 11.3. The predicted molar refractivity (Wildman–Crippen MR) is 121 cm³/mol. The second-order valence-corrected chi connectivity index (χ2v) is 8.90. The lowest BCUT2D eigenvalue weighted by Crippen LogP contribution is -2.37. The van der Waals surface area contributed by atoms with E-state index in [0.29, 0.717) is 18.7 Å². The van der Waals surface area contributed by atoms with Crippen LogP contribution in [0.2, 0.25) is 0 Å². The molecule has 1 atom stereocenters. The molecule has 1 aromatic heterocycles. The molecule has 2 aromatic carbocycles. The van der Waals surface area contributed by atoms with Crippen molar-refractivity contribution in [2.24, 2.45) is 0 Å². The fourth-order valence-corrected chi connectivity index (χ4v) is 4.04. The van der Waals surface area contributed by atoms with E-state index in [4.69, 9.17) is 4.74 Å². The van der Waals surface area contributed by atoms with Crippen molar-refractivity contribution in [3.63, 3.8) is 0 Å². The highest BCUT2D eigenvalue weighted by atomic mass is 79.9. The largest absolute Gasteiger partial charge is 0.486 e. The third-order valence-electron chi connectivity index (χ3n) is 4.74. The molecule has 0 aliphatic rings. The van der Waals surface area contributed by atoms with Crippen LogP contribution in [-0.2, 0) is 13.2 Å². The third-order valence-corrected chi connectivity index (χ3v) is 6.10. The van der Waals surface area contributed by atoms with E-state index in [0.717, 1.165) is 32.9 Å². The summed E-state index contributed by atoms with van der Waals surface area (Å²) in [6.07, 6.45) is 0.882. The molecule has 152 valence electrons. The fourth-order valence-electron chi connectivity index (χ4n) is 2.95. The molecule has 0 radical (unpaired) electrons. The first-order chi connectivity index (χ1) is 14.0. The van der Waals surface area contributed by atoms with Gasteiger partial charge in [-0.3, -0.25) is 4.79 Å². The molecule has 0 aliphatic heterocycles. The Hall–Kier alpha value is -2.18. The molecule has 0 N–H and O–H groups in total. The van der Waals surface area contributed by atoms with Crippen LogP contribution in [0, 0.1) is 6.92 Å². The molecule has 1 heterocycles. The van der Waals surface area contributed by atoms with Gasteiger partial charge in [-0.05, 0) is 56.2 Å². The monoisotopic (exact) mass is 472 g/mol. The molecule has 1 amide bonds. The molecule has 3 rings (SSSR count). The van der Waals surface area contributed by atoms with Gasteiger partial charge in [-0.1, -0.05) is 41.1 Å². The normalized spacial score (nSPS) is 11.9. The lowest BCUT2D eigenvalue weighted by Gasteiger charge is -2.28. The Morgan fingerprint density at radius 1 is 1.24 bits per heavy atom. The van der Waals surface area contributed by atoms with Crippen LogP contribution in [-0.4, -0.2) is 21.8 Å². The van der Waals surface area contributed by atoms with Gasteiger partial charge in [0.05, 0.1) is 12.2 Å². The van der Waals surface area contributed by atoms with Crippen molar-refractivity contribution in [1.82, 2.24) is 9.88 Å². The van der Waals surface area contributed by atoms with Crippen molar-refractivity contribution in [3.8, 4) is 5.75 Å². The number of halogens is 1. The summed E-state index contributed by atoms with van der Waals surface area (Å²) in [7, 11) is 0. The Kier molecular flexibility index (Phi) is 7.45. The maximum absolute atomic E-state index is 13.1. The topological polar surface area (TPSA) is 42.4 Å². The van der Waals surface area contributed by atoms with Gasteiger partial charge in [0.15, 0.2) is 0 Å². The molecular formula is C23H25BrN2O2S. The van der Waals surface area contributed by atoms with Crippen molar-refractivity contribution >= 4 is 33.2 Å². The van der Waals surface area contributed by atoms with Gasteiger partial charge in [0, 0.05) is 21.5 Å². The number of carbonyl (C=O) groups is 1. The van der Waals surface area contributed by atoms with E-state index in [2.05, 4.69) is 34.8 Å². The van der Waals surface area contributed by atoms with Gasteiger partial charge in [-0.2, -0.15) is 0 Å². The molecule has 0 aliphatic carbocycles. The number of ether oxygens (including phenoxy) is 1. The number of hydrogen-bond donors (Lipinski definition) is 0. The Balaban J connectivity index is 1.69. The van der Waals surface area contributed by atoms with E-state index in [1.165, 1.54) is 0 Å². The van der Waals surface area contributed by atoms with Crippen LogP contribution < -0.4 is 4.74 Å². The molecule has 6 heteroatoms. The predicted octanol–water partition coefficient (Wildman–Crippen LogP) is 6.23. The maximum Gasteiger partial charge on any atom is 0.254 e. The lowest BCUT2D eigenvalue weighted by atomic mass is 10.1. The quantitative estimate of drug-likeness (QED) is 0.389. The summed E-state index contributed by atoms with van der Waals surface area (Å²) in [5.41, 5.74) is 2.73. The second kappa shape index (κ2) is 10.0. The summed E-state index contributed by atoms with van der Waals surface area (Å²) in [5.74, 6) is 0.860. The molecular weight excluding hydrogens is 448 g/mol. The average molecular weight is 473 g/mol. The first kappa shape index (κ1) is 21.5. The summed E-state index contributed by atoms with van der Waals surface area (Å²) >= 11 is 5.01. The van der Waals surface area contributed by atoms with Crippen molar-refractivity contribution in [1.29, 1.82) is 0 Å². The van der Waals surface area contributed by atoms with Crippen LogP contribution in [0.3, 0.4) is 0 Å². The smallest absolute Gasteiger partial charge is 0.254 e. The van der Waals surface area contributed by atoms with Crippen LogP contribution in [0.4, 0.5) is 0 Å². The van der Waals surface area contributed by atoms with Gasteiger partial charge in [-0.25, -0.2) is 4.98 Å². The number of amides is 1. The van der Waals surface area contributed by atoms with E-state index in [1.54, 1.807) is 11.3 Å². The first-order valence-electron chi connectivity index (χ1n) is 9.65. The van der Waals surface area contributed by atoms with Crippen LogP contribution in [0.1, 0.15) is 46.9 Å². The van der Waals surface area contributed by atoms with Gasteiger partial charge < -0.3 is 9.64 Å². The zero-order valence-corrected chi connectivity index (χ0v) is 19.3. The number of hydrogen-bond acceptors (Lipinski definition) is 4. The van der Waals surface area contributed by atoms with Gasteiger partial charge >= 0.3 is 0 Å². The van der Waals surface area contributed by atoms with Crippen molar-refractivity contribution in [3.05, 3.63) is 80.2 Å². The highest BCUT2D eigenvalue weighted by Crippen LogP contribution is 2.21. The fraction of sp³-hybridized carbons (Fsp3) is 0.304. The SMILES string of the molecule is CC[C@@H](C)N(Cc1csc(COc2cccc(C)c2)n1)C(=O)c1cccc(Br)c1. The van der Waals surface area contributed by atoms with Crippen molar-refractivity contribution < 1.29 is 9.53 Å². The Morgan fingerprint density at radius 3 is 2.76 bits per heavy atom. The highest BCUT2D eigenvalue weighted by Gasteiger charge is 2.22. The van der Waals surface area contributed by atoms with E-state index in [1.807, 2.05) is 65.7 Å². The van der Waals surface area contributed by atoms with Gasteiger partial charge in [0.1, 0.15) is 17.4 Å². The maximum atomic E-state index is 13.1. The van der Waals surface area contributed by atoms with Crippen LogP contribution in [0.25, 0.3) is 0 Å². The molecule has 0 bridgehead atoms. The van der Waals surface area contributed by atoms with Crippen LogP contribution >= 0.6 is 27.3 Å². The summed E-state index contributed by atoms with van der Waals surface area (Å²) in [4.78, 5) is 19.7. The Bertz CT molecular complexity index is 973. The molecule has 0 spiro atoms. The number of aryl methyl sites for hydroxylation is 1. The second-order valence-electron chi connectivity index (χ2n) is 7.04. The number of benzene rings is 2. The number of thiazole rings is 1. The van der Waals surface area contributed by atoms with Gasteiger partial charge in [-0.15, -0.1) is 11.3 Å². The number of rotatable bonds is 8. The van der Waals surface area contributed by atoms with Gasteiger partial charge in [0.25, 0.3) is 5.91 Å². The number of nitrogens with zero attached hydrogens (tertiary/aromatic N) is 2. The summed E-state index contributed by atoms with van der Waals surface area (Å²) in [5, 5.41) is 2.92. The number of carbonyl (C=O) groups excluding carboxylic acids is 1. The Morgan fingerprint density at radius 2 is 2.03 bits per heavy atom. The average Bonchev–Trinajstić information content (AvgIpc) is 3.17. The van der Waals surface area contributed by atoms with Crippen molar-refractivity contribution in [2.75, 3.05) is 0 Å². The molecule has 0 fully saturated rings. The van der Waals surface area contributed by atoms with E-state index < -0.39 is 0 Å². The molecule has 29 heavy (non-hydrogen) atoms. The zero-order valence-electron chi connectivity index (χ0n) is 16.9. The van der Waals surface area contributed by atoms with E-state index in [-0.39, 0.29) is 11.9 Å². The third kappa shape index (κ3) is 5.90. The highest BCUT2D eigenvalue weighted by molar-refractivity contribution is 9.10. The molecule has 0 saturated heterocycles. The molecule has 0 unspecified atom stereocenters. The number of aromatic nitrogens is 1.